The van der Waals surface area contributed by atoms with E-state index in [2.05, 4.69) is 9.59 Å². The maximum atomic E-state index is 12.6. The molecule has 2 aromatic rings. The largest absolute Gasteiger partial charge is 0.399 e. The van der Waals surface area contributed by atoms with Crippen molar-refractivity contribution in [1.82, 2.24) is 14.5 Å². The van der Waals surface area contributed by atoms with Crippen LogP contribution in [0.5, 0.6) is 0 Å². The zero-order valence-corrected chi connectivity index (χ0v) is 12.1. The molecule has 0 bridgehead atoms. The lowest BCUT2D eigenvalue weighted by molar-refractivity contribution is 0.0734. The van der Waals surface area contributed by atoms with Gasteiger partial charge in [-0.25, -0.2) is 0 Å². The molecule has 0 spiro atoms. The van der Waals surface area contributed by atoms with Crippen LogP contribution in [0, 0.1) is 6.92 Å². The van der Waals surface area contributed by atoms with Crippen LogP contribution in [0.4, 0.5) is 5.69 Å². The molecule has 0 saturated heterocycles. The van der Waals surface area contributed by atoms with E-state index in [4.69, 9.17) is 5.73 Å². The van der Waals surface area contributed by atoms with E-state index in [0.29, 0.717) is 23.2 Å². The van der Waals surface area contributed by atoms with Crippen LogP contribution in [0.1, 0.15) is 33.8 Å². The molecule has 6 heteroatoms. The predicted molar refractivity (Wildman–Crippen MR) is 78.4 cm³/mol. The minimum atomic E-state index is 0.0387. The molecule has 1 heterocycles. The molecule has 1 saturated carbocycles. The molecule has 1 amide bonds. The average Bonchev–Trinajstić information content (AvgIpc) is 3.19. The summed E-state index contributed by atoms with van der Waals surface area (Å²) in [4.78, 5) is 15.2. The Morgan fingerprint density at radius 1 is 1.40 bits per heavy atom. The standard InChI is InChI=1S/C14H16N4OS/c1-9-13(20-17-16-9)14(19)18(12-6-7-12)8-10-2-4-11(15)5-3-10/h2-5,12H,6-8,15H2,1H3. The molecule has 0 atom stereocenters. The topological polar surface area (TPSA) is 72.1 Å². The highest BCUT2D eigenvalue weighted by molar-refractivity contribution is 7.07. The van der Waals surface area contributed by atoms with Crippen LogP contribution in [0.25, 0.3) is 0 Å². The Kier molecular flexibility index (Phi) is 3.40. The van der Waals surface area contributed by atoms with Crippen molar-refractivity contribution in [3.8, 4) is 0 Å². The van der Waals surface area contributed by atoms with Crippen molar-refractivity contribution in [3.63, 3.8) is 0 Å². The number of aryl methyl sites for hydroxylation is 1. The first-order valence-electron chi connectivity index (χ1n) is 6.59. The zero-order chi connectivity index (χ0) is 14.1. The summed E-state index contributed by atoms with van der Waals surface area (Å²) in [6.07, 6.45) is 2.15. The maximum Gasteiger partial charge on any atom is 0.268 e. The van der Waals surface area contributed by atoms with E-state index < -0.39 is 0 Å². The summed E-state index contributed by atoms with van der Waals surface area (Å²) in [6.45, 7) is 2.44. The van der Waals surface area contributed by atoms with Crippen LogP contribution in [0.3, 0.4) is 0 Å². The lowest BCUT2D eigenvalue weighted by Crippen LogP contribution is -2.32. The van der Waals surface area contributed by atoms with Gasteiger partial charge in [0.25, 0.3) is 5.91 Å². The summed E-state index contributed by atoms with van der Waals surface area (Å²) in [5.74, 6) is 0.0387. The number of aromatic nitrogens is 2. The minimum Gasteiger partial charge on any atom is -0.399 e. The lowest BCUT2D eigenvalue weighted by atomic mass is 10.2. The number of amides is 1. The van der Waals surface area contributed by atoms with Crippen LogP contribution in [-0.2, 0) is 6.54 Å². The summed E-state index contributed by atoms with van der Waals surface area (Å²) in [6, 6.07) is 8.02. The van der Waals surface area contributed by atoms with Crippen LogP contribution < -0.4 is 5.73 Å². The Bertz CT molecular complexity index is 618. The smallest absolute Gasteiger partial charge is 0.268 e. The van der Waals surface area contributed by atoms with Gasteiger partial charge in [0.2, 0.25) is 0 Å². The fraction of sp³-hybridized carbons (Fsp3) is 0.357. The fourth-order valence-corrected chi connectivity index (χ4v) is 2.74. The molecule has 5 nitrogen and oxygen atoms in total. The highest BCUT2D eigenvalue weighted by Gasteiger charge is 2.34. The monoisotopic (exact) mass is 288 g/mol. The molecular formula is C14H16N4OS. The Morgan fingerprint density at radius 3 is 2.65 bits per heavy atom. The molecule has 3 rings (SSSR count). The van der Waals surface area contributed by atoms with E-state index in [0.717, 1.165) is 24.1 Å². The lowest BCUT2D eigenvalue weighted by Gasteiger charge is -2.22. The first-order valence-corrected chi connectivity index (χ1v) is 7.37. The fourth-order valence-electron chi connectivity index (χ4n) is 2.13. The third-order valence-corrected chi connectivity index (χ3v) is 4.24. The Morgan fingerprint density at radius 2 is 2.10 bits per heavy atom. The van der Waals surface area contributed by atoms with Gasteiger partial charge in [-0.2, -0.15) is 0 Å². The number of hydrogen-bond donors (Lipinski definition) is 1. The highest BCUT2D eigenvalue weighted by atomic mass is 32.1. The molecule has 2 N–H and O–H groups in total. The van der Waals surface area contributed by atoms with Gasteiger partial charge in [-0.1, -0.05) is 16.6 Å². The second-order valence-corrected chi connectivity index (χ2v) is 5.85. The van der Waals surface area contributed by atoms with Crippen molar-refractivity contribution < 1.29 is 4.79 Å². The average molecular weight is 288 g/mol. The van der Waals surface area contributed by atoms with E-state index in [9.17, 15) is 4.79 Å². The van der Waals surface area contributed by atoms with E-state index >= 15 is 0 Å². The SMILES string of the molecule is Cc1nnsc1C(=O)N(Cc1ccc(N)cc1)C1CC1. The second-order valence-electron chi connectivity index (χ2n) is 5.09. The molecule has 20 heavy (non-hydrogen) atoms. The molecule has 1 aliphatic carbocycles. The number of rotatable bonds is 4. The van der Waals surface area contributed by atoms with Crippen molar-refractivity contribution >= 4 is 23.1 Å². The molecule has 1 aromatic heterocycles. The van der Waals surface area contributed by atoms with E-state index in [-0.39, 0.29) is 5.91 Å². The number of carbonyl (C=O) groups excluding carboxylic acids is 1. The van der Waals surface area contributed by atoms with Gasteiger partial charge < -0.3 is 10.6 Å². The van der Waals surface area contributed by atoms with Crippen molar-refractivity contribution in [1.29, 1.82) is 0 Å². The third kappa shape index (κ3) is 2.65. The van der Waals surface area contributed by atoms with Crippen LogP contribution in [0.15, 0.2) is 24.3 Å². The maximum absolute atomic E-state index is 12.6. The number of nitrogens with two attached hydrogens (primary N) is 1. The van der Waals surface area contributed by atoms with Gasteiger partial charge in [-0.3, -0.25) is 4.79 Å². The number of anilines is 1. The van der Waals surface area contributed by atoms with E-state index in [1.807, 2.05) is 36.1 Å². The summed E-state index contributed by atoms with van der Waals surface area (Å²) in [5, 5.41) is 3.92. The Labute approximate surface area is 121 Å². The highest BCUT2D eigenvalue weighted by Crippen LogP contribution is 2.30. The predicted octanol–water partition coefficient (Wildman–Crippen LogP) is 2.23. The van der Waals surface area contributed by atoms with Crippen molar-refractivity contribution in [3.05, 3.63) is 40.4 Å². The number of hydrogen-bond acceptors (Lipinski definition) is 5. The molecule has 104 valence electrons. The first-order chi connectivity index (χ1) is 9.65. The molecule has 0 aliphatic heterocycles. The molecular weight excluding hydrogens is 272 g/mol. The molecule has 0 radical (unpaired) electrons. The van der Waals surface area contributed by atoms with E-state index in [1.165, 1.54) is 11.5 Å². The molecule has 1 fully saturated rings. The van der Waals surface area contributed by atoms with Gasteiger partial charge in [0, 0.05) is 18.3 Å². The minimum absolute atomic E-state index is 0.0387. The van der Waals surface area contributed by atoms with Crippen LogP contribution in [-0.4, -0.2) is 26.4 Å². The first kappa shape index (κ1) is 13.1. The summed E-state index contributed by atoms with van der Waals surface area (Å²) in [5.41, 5.74) is 8.23. The number of nitrogens with zero attached hydrogens (tertiary/aromatic N) is 3. The van der Waals surface area contributed by atoms with Gasteiger partial charge in [-0.05, 0) is 49.0 Å². The number of benzene rings is 1. The van der Waals surface area contributed by atoms with Gasteiger partial charge >= 0.3 is 0 Å². The van der Waals surface area contributed by atoms with Gasteiger partial charge in [0.15, 0.2) is 0 Å². The van der Waals surface area contributed by atoms with Gasteiger partial charge in [0.05, 0.1) is 5.69 Å². The van der Waals surface area contributed by atoms with Crippen LogP contribution >= 0.6 is 11.5 Å². The normalized spacial score (nSPS) is 14.2. The van der Waals surface area contributed by atoms with E-state index in [1.54, 1.807) is 0 Å². The molecule has 0 unspecified atom stereocenters. The van der Waals surface area contributed by atoms with Crippen molar-refractivity contribution in [2.75, 3.05) is 5.73 Å². The number of carbonyl (C=O) groups is 1. The summed E-state index contributed by atoms with van der Waals surface area (Å²) >= 11 is 1.17. The quantitative estimate of drug-likeness (QED) is 0.876. The van der Waals surface area contributed by atoms with Crippen molar-refractivity contribution in [2.24, 2.45) is 0 Å². The number of nitrogen functional groups attached to an aromatic ring is 1. The Hall–Kier alpha value is -1.95. The summed E-state index contributed by atoms with van der Waals surface area (Å²) < 4.78 is 3.85. The van der Waals surface area contributed by atoms with Crippen molar-refractivity contribution in [2.45, 2.75) is 32.4 Å². The molecule has 1 aromatic carbocycles. The van der Waals surface area contributed by atoms with Gasteiger partial charge in [-0.15, -0.1) is 5.10 Å². The Balaban J connectivity index is 1.81. The van der Waals surface area contributed by atoms with Gasteiger partial charge in [0.1, 0.15) is 4.88 Å². The van der Waals surface area contributed by atoms with Crippen LogP contribution in [0.2, 0.25) is 0 Å². The summed E-state index contributed by atoms with van der Waals surface area (Å²) in [7, 11) is 0. The third-order valence-electron chi connectivity index (χ3n) is 3.43. The second kappa shape index (κ2) is 5.20. The molecule has 1 aliphatic rings. The zero-order valence-electron chi connectivity index (χ0n) is 11.2.